The number of nitrogens with one attached hydrogen (secondary N) is 1. The summed E-state index contributed by atoms with van der Waals surface area (Å²) in [6.07, 6.45) is 3.11. The van der Waals surface area contributed by atoms with Gasteiger partial charge in [0.05, 0.1) is 11.1 Å². The quantitative estimate of drug-likeness (QED) is 0.602. The van der Waals surface area contributed by atoms with Crippen LogP contribution in [0.1, 0.15) is 72.1 Å². The monoisotopic (exact) mass is 431 g/mol. The molecular weight excluding hydrogens is 402 g/mol. The molecule has 0 radical (unpaired) electrons. The van der Waals surface area contributed by atoms with Gasteiger partial charge in [-0.05, 0) is 88.9 Å². The number of anilines is 1. The summed E-state index contributed by atoms with van der Waals surface area (Å²) in [5, 5.41) is 8.95. The first-order valence-corrected chi connectivity index (χ1v) is 11.2. The smallest absolute Gasteiger partial charge is 0.211 e. The normalized spacial score (nSPS) is 18.2. The zero-order valence-electron chi connectivity index (χ0n) is 18.9. The van der Waals surface area contributed by atoms with E-state index in [2.05, 4.69) is 10.3 Å². The number of pyridine rings is 1. The van der Waals surface area contributed by atoms with E-state index in [1.807, 2.05) is 39.0 Å². The molecule has 0 saturated carbocycles. The predicted octanol–water partition coefficient (Wildman–Crippen LogP) is 3.50. The molecule has 3 aromatic rings. The van der Waals surface area contributed by atoms with Crippen LogP contribution in [-0.2, 0) is 12.0 Å². The number of benzene rings is 1. The number of fused-ring (bicyclic) bond motifs is 2. The Kier molecular flexibility index (Phi) is 4.71. The number of rotatable bonds is 2. The lowest BCUT2D eigenvalue weighted by molar-refractivity contribution is 0.0830. The molecule has 3 N–H and O–H groups in total. The number of aromatic nitrogens is 3. The Morgan fingerprint density at radius 1 is 1.12 bits per heavy atom. The van der Waals surface area contributed by atoms with E-state index in [1.165, 1.54) is 0 Å². The molecule has 166 valence electrons. The fourth-order valence-electron chi connectivity index (χ4n) is 5.15. The molecule has 1 aliphatic carbocycles. The van der Waals surface area contributed by atoms with E-state index in [9.17, 15) is 9.59 Å². The molecule has 1 aliphatic heterocycles. The van der Waals surface area contributed by atoms with Crippen LogP contribution in [0.5, 0.6) is 0 Å². The van der Waals surface area contributed by atoms with Crippen molar-refractivity contribution < 1.29 is 9.59 Å². The second kappa shape index (κ2) is 7.24. The van der Waals surface area contributed by atoms with Gasteiger partial charge in [0.15, 0.2) is 5.78 Å². The van der Waals surface area contributed by atoms with E-state index in [-0.39, 0.29) is 17.0 Å². The summed E-state index contributed by atoms with van der Waals surface area (Å²) in [5.74, 6) is 0.400. The summed E-state index contributed by atoms with van der Waals surface area (Å²) in [4.78, 5) is 31.4. The largest absolute Gasteiger partial charge is 0.384 e. The van der Waals surface area contributed by atoms with Crippen molar-refractivity contribution in [2.24, 2.45) is 5.41 Å². The maximum atomic E-state index is 13.9. The molecule has 0 atom stereocenters. The Labute approximate surface area is 187 Å². The number of ketones is 2. The molecule has 2 aromatic heterocycles. The van der Waals surface area contributed by atoms with Crippen molar-refractivity contribution in [1.82, 2.24) is 20.1 Å². The number of Topliss-reactive ketones (excluding diaryl/α,β-unsaturated/α-hetero) is 1. The molecule has 7 nitrogen and oxygen atoms in total. The highest BCUT2D eigenvalue weighted by Crippen LogP contribution is 2.44. The number of carbonyl (C=O) groups is 2. The summed E-state index contributed by atoms with van der Waals surface area (Å²) in [5.41, 5.74) is 8.43. The van der Waals surface area contributed by atoms with Crippen LogP contribution in [0.15, 0.2) is 30.3 Å². The first-order valence-electron chi connectivity index (χ1n) is 11.2. The Morgan fingerprint density at radius 3 is 2.59 bits per heavy atom. The second-order valence-corrected chi connectivity index (χ2v) is 10.3. The van der Waals surface area contributed by atoms with Gasteiger partial charge in [0, 0.05) is 22.9 Å². The van der Waals surface area contributed by atoms with Crippen LogP contribution in [0, 0.1) is 5.41 Å². The van der Waals surface area contributed by atoms with E-state index in [0.717, 1.165) is 48.8 Å². The highest BCUT2D eigenvalue weighted by Gasteiger charge is 2.44. The van der Waals surface area contributed by atoms with Crippen LogP contribution in [0.2, 0.25) is 0 Å². The van der Waals surface area contributed by atoms with Crippen molar-refractivity contribution in [2.45, 2.75) is 52.0 Å². The van der Waals surface area contributed by atoms with Crippen molar-refractivity contribution >= 4 is 28.3 Å². The first-order chi connectivity index (χ1) is 15.2. The van der Waals surface area contributed by atoms with Gasteiger partial charge in [0.2, 0.25) is 5.78 Å². The molecule has 32 heavy (non-hydrogen) atoms. The molecule has 0 amide bonds. The van der Waals surface area contributed by atoms with Crippen LogP contribution >= 0.6 is 0 Å². The zero-order valence-corrected chi connectivity index (χ0v) is 18.9. The summed E-state index contributed by atoms with van der Waals surface area (Å²) in [6, 6.07) is 9.06. The van der Waals surface area contributed by atoms with E-state index in [4.69, 9.17) is 10.8 Å². The van der Waals surface area contributed by atoms with Crippen molar-refractivity contribution in [3.63, 3.8) is 0 Å². The third kappa shape index (κ3) is 3.41. The van der Waals surface area contributed by atoms with Crippen LogP contribution in [-0.4, -0.2) is 39.4 Å². The molecule has 1 aromatic carbocycles. The number of nitrogen functional groups attached to an aromatic ring is 1. The lowest BCUT2D eigenvalue weighted by Gasteiger charge is -2.39. The molecule has 0 bridgehead atoms. The molecule has 1 saturated heterocycles. The van der Waals surface area contributed by atoms with E-state index < -0.39 is 5.54 Å². The highest BCUT2D eigenvalue weighted by atomic mass is 16.1. The minimum Gasteiger partial charge on any atom is -0.384 e. The number of nitrogens with zero attached hydrogens (tertiary/aromatic N) is 3. The van der Waals surface area contributed by atoms with E-state index in [1.54, 1.807) is 16.8 Å². The summed E-state index contributed by atoms with van der Waals surface area (Å²) < 4.78 is 1.77. The minimum atomic E-state index is -0.434. The Morgan fingerprint density at radius 2 is 1.88 bits per heavy atom. The van der Waals surface area contributed by atoms with Crippen LogP contribution < -0.4 is 11.1 Å². The van der Waals surface area contributed by atoms with Gasteiger partial charge >= 0.3 is 0 Å². The molecule has 3 heterocycles. The lowest BCUT2D eigenvalue weighted by Crippen LogP contribution is -2.42. The summed E-state index contributed by atoms with van der Waals surface area (Å²) in [7, 11) is 0. The molecular formula is C25H29N5O2. The number of hydrogen-bond donors (Lipinski definition) is 2. The van der Waals surface area contributed by atoms with Crippen molar-refractivity contribution in [1.29, 1.82) is 0 Å². The number of piperidine rings is 1. The van der Waals surface area contributed by atoms with Gasteiger partial charge in [0.1, 0.15) is 17.2 Å². The fraction of sp³-hybridized carbons (Fsp3) is 0.440. The predicted molar refractivity (Wildman–Crippen MR) is 124 cm³/mol. The maximum absolute atomic E-state index is 13.9. The first kappa shape index (κ1) is 20.8. The molecule has 1 spiro atoms. The lowest BCUT2D eigenvalue weighted by atomic mass is 9.67. The number of hydrogen-bond acceptors (Lipinski definition) is 6. The third-order valence-electron chi connectivity index (χ3n) is 6.82. The van der Waals surface area contributed by atoms with Crippen molar-refractivity contribution in [2.75, 3.05) is 18.8 Å². The second-order valence-electron chi connectivity index (χ2n) is 10.3. The Bertz CT molecular complexity index is 1250. The molecule has 5 rings (SSSR count). The van der Waals surface area contributed by atoms with Crippen LogP contribution in [0.3, 0.4) is 0 Å². The van der Waals surface area contributed by atoms with Gasteiger partial charge in [-0.25, -0.2) is 4.98 Å². The van der Waals surface area contributed by atoms with Gasteiger partial charge in [0.25, 0.3) is 0 Å². The van der Waals surface area contributed by atoms with Crippen LogP contribution in [0.25, 0.3) is 10.9 Å². The molecule has 2 aliphatic rings. The molecule has 0 unspecified atom stereocenters. The third-order valence-corrected chi connectivity index (χ3v) is 6.82. The van der Waals surface area contributed by atoms with Crippen LogP contribution in [0.4, 0.5) is 5.82 Å². The van der Waals surface area contributed by atoms with Gasteiger partial charge in [-0.15, -0.1) is 0 Å². The number of carbonyl (C=O) groups excluding carboxylic acids is 2. The molecule has 7 heteroatoms. The van der Waals surface area contributed by atoms with Gasteiger partial charge in [-0.3, -0.25) is 14.3 Å². The van der Waals surface area contributed by atoms with E-state index >= 15 is 0 Å². The summed E-state index contributed by atoms with van der Waals surface area (Å²) >= 11 is 0. The average molecular weight is 432 g/mol. The minimum absolute atomic E-state index is 0.0587. The SMILES string of the molecule is CC(C)(C)n1nc2c(c1C(=O)c1ccc3nc(N)ccc3c1)CC1(CCNCC1)CC2=O. The standard InChI is InChI=1S/C25H29N5O2/c1-24(2,3)30-22(23(32)16-4-6-18-15(12-16)5-7-20(26)28-18)17-13-25(8-10-27-11-9-25)14-19(31)21(17)29-30/h4-7,12,27H,8-11,13-14H2,1-3H3,(H2,26,28). The topological polar surface area (TPSA) is 103 Å². The van der Waals surface area contributed by atoms with Crippen molar-refractivity contribution in [3.05, 3.63) is 52.8 Å². The van der Waals surface area contributed by atoms with Crippen molar-refractivity contribution in [3.8, 4) is 0 Å². The van der Waals surface area contributed by atoms with Gasteiger partial charge in [-0.1, -0.05) is 0 Å². The Hall–Kier alpha value is -3.06. The average Bonchev–Trinajstić information content (AvgIpc) is 3.13. The summed E-state index contributed by atoms with van der Waals surface area (Å²) in [6.45, 7) is 7.85. The fourth-order valence-corrected chi connectivity index (χ4v) is 5.15. The van der Waals surface area contributed by atoms with E-state index in [0.29, 0.717) is 29.2 Å². The molecule has 1 fully saturated rings. The van der Waals surface area contributed by atoms with Gasteiger partial charge in [-0.2, -0.15) is 5.10 Å². The zero-order chi connectivity index (χ0) is 22.7. The number of nitrogens with two attached hydrogens (primary N) is 1. The Balaban J connectivity index is 1.65. The van der Waals surface area contributed by atoms with Gasteiger partial charge < -0.3 is 11.1 Å². The maximum Gasteiger partial charge on any atom is 0.211 e. The highest BCUT2D eigenvalue weighted by molar-refractivity contribution is 6.12.